The molecular formula is C42H43NO16. The number of nitro benzene ring substituents is 1. The predicted octanol–water partition coefficient (Wildman–Crippen LogP) is 5.12. The average Bonchev–Trinajstić information content (AvgIpc) is 3.63. The number of aliphatic hydroxyl groups excluding tert-OH is 1. The zero-order chi connectivity index (χ0) is 42.1. The van der Waals surface area contributed by atoms with Crippen molar-refractivity contribution in [2.45, 2.75) is 61.4 Å². The van der Waals surface area contributed by atoms with Crippen molar-refractivity contribution in [3.63, 3.8) is 0 Å². The molecule has 0 aromatic heterocycles. The molecule has 2 heterocycles. The summed E-state index contributed by atoms with van der Waals surface area (Å²) in [6.07, 6.45) is -6.64. The summed E-state index contributed by atoms with van der Waals surface area (Å²) in [5.74, 6) is -2.25. The van der Waals surface area contributed by atoms with Crippen LogP contribution < -0.4 is 23.7 Å². The number of nitro groups is 1. The molecule has 0 bridgehead atoms. The molecule has 3 aliphatic rings. The standard InChI is InChI=1S/C42H43NO16/c1-6-29(58-40(46)56-27-18-14-25(15-19-27)43(48)49)32-22-54-38(53-5)39(57-32)55-28-20-30(51-3)35-31(21-28)59-42(24-12-16-26(50-2)17-13-24)34(23-10-8-7-9-11-23)33(37(45)52-4)36(44)41(35,42)47/h7-21,29,32-34,36,38-39,44,47H,6,22H2,1-5H3/t29-,32-,33-,34-,36-,38-,39-,41+,42+/m1/s1. The van der Waals surface area contributed by atoms with Crippen LogP contribution in [0.25, 0.3) is 0 Å². The Morgan fingerprint density at radius 1 is 0.915 bits per heavy atom. The van der Waals surface area contributed by atoms with Crippen molar-refractivity contribution < 1.29 is 72.1 Å². The molecule has 17 nitrogen and oxygen atoms in total. The van der Waals surface area contributed by atoms with Crippen molar-refractivity contribution in [2.24, 2.45) is 5.92 Å². The van der Waals surface area contributed by atoms with E-state index in [1.807, 2.05) is 6.07 Å². The maximum absolute atomic E-state index is 13.6. The van der Waals surface area contributed by atoms with Crippen LogP contribution in [0, 0.1) is 16.0 Å². The van der Waals surface area contributed by atoms with Gasteiger partial charge in [-0.3, -0.25) is 14.9 Å². The number of fused-ring (bicyclic) bond motifs is 3. The van der Waals surface area contributed by atoms with E-state index in [9.17, 15) is 29.9 Å². The monoisotopic (exact) mass is 817 g/mol. The number of benzene rings is 4. The molecule has 312 valence electrons. The Hall–Kier alpha value is -5.98. The molecular weight excluding hydrogens is 774 g/mol. The van der Waals surface area contributed by atoms with E-state index in [1.165, 1.54) is 64.8 Å². The van der Waals surface area contributed by atoms with Crippen LogP contribution >= 0.6 is 0 Å². The molecule has 0 radical (unpaired) electrons. The quantitative estimate of drug-likeness (QED) is 0.0776. The molecule has 7 rings (SSSR count). The summed E-state index contributed by atoms with van der Waals surface area (Å²) in [7, 11) is 5.50. The highest BCUT2D eigenvalue weighted by Gasteiger charge is 2.78. The van der Waals surface area contributed by atoms with Gasteiger partial charge in [0.2, 0.25) is 6.29 Å². The predicted molar refractivity (Wildman–Crippen MR) is 203 cm³/mol. The summed E-state index contributed by atoms with van der Waals surface area (Å²) in [4.78, 5) is 36.8. The minimum Gasteiger partial charge on any atom is -0.497 e. The SMILES string of the molecule is CC[C@@H](OC(=O)Oc1ccc([N+](=O)[O-])cc1)[C@H]1CO[C@@H](OC)[C@H](Oc2cc(OC)c3c(c2)O[C@@]2(c4ccc(OC)cc4)[C@H](c4ccccc4)[C@@H](C(=O)OC)[C@@H](O)[C@@]32O)O1. The van der Waals surface area contributed by atoms with Crippen molar-refractivity contribution in [1.82, 2.24) is 0 Å². The fourth-order valence-corrected chi connectivity index (χ4v) is 8.29. The molecule has 17 heteroatoms. The molecule has 1 saturated heterocycles. The average molecular weight is 818 g/mol. The molecule has 1 aliphatic carbocycles. The molecule has 0 unspecified atom stereocenters. The molecule has 59 heavy (non-hydrogen) atoms. The number of carbonyl (C=O) groups excluding carboxylic acids is 2. The number of hydrogen-bond donors (Lipinski definition) is 2. The van der Waals surface area contributed by atoms with Gasteiger partial charge in [0.15, 0.2) is 11.2 Å². The summed E-state index contributed by atoms with van der Waals surface area (Å²) in [5.41, 5.74) is -3.25. The summed E-state index contributed by atoms with van der Waals surface area (Å²) < 4.78 is 58.3. The Labute approximate surface area is 338 Å². The van der Waals surface area contributed by atoms with Crippen LogP contribution in [-0.4, -0.2) is 93.2 Å². The third-order valence-corrected chi connectivity index (χ3v) is 10.9. The zero-order valence-electron chi connectivity index (χ0n) is 32.7. The van der Waals surface area contributed by atoms with Gasteiger partial charge in [-0.05, 0) is 41.8 Å². The van der Waals surface area contributed by atoms with E-state index in [4.69, 9.17) is 47.4 Å². The summed E-state index contributed by atoms with van der Waals surface area (Å²) in [6.45, 7) is 1.70. The van der Waals surface area contributed by atoms with Gasteiger partial charge in [0.1, 0.15) is 47.1 Å². The highest BCUT2D eigenvalue weighted by molar-refractivity contribution is 5.78. The van der Waals surface area contributed by atoms with E-state index < -0.39 is 71.0 Å². The fraction of sp³-hybridized carbons (Fsp3) is 0.381. The fourth-order valence-electron chi connectivity index (χ4n) is 8.29. The first kappa shape index (κ1) is 41.2. The first-order valence-electron chi connectivity index (χ1n) is 18.6. The van der Waals surface area contributed by atoms with Gasteiger partial charge < -0.3 is 57.6 Å². The normalized spacial score (nSPS) is 27.3. The third-order valence-electron chi connectivity index (χ3n) is 10.9. The lowest BCUT2D eigenvalue weighted by molar-refractivity contribution is -0.384. The molecule has 1 saturated carbocycles. The molecule has 2 aliphatic heterocycles. The van der Waals surface area contributed by atoms with Crippen molar-refractivity contribution in [2.75, 3.05) is 35.0 Å². The van der Waals surface area contributed by atoms with E-state index in [0.717, 1.165) is 0 Å². The number of methoxy groups -OCH3 is 4. The number of aliphatic hydroxyl groups is 2. The second-order valence-electron chi connectivity index (χ2n) is 14.0. The number of carbonyl (C=O) groups is 2. The zero-order valence-corrected chi connectivity index (χ0v) is 32.7. The number of esters is 1. The lowest BCUT2D eigenvalue weighted by atomic mass is 9.70. The van der Waals surface area contributed by atoms with Crippen LogP contribution in [0.5, 0.6) is 28.7 Å². The van der Waals surface area contributed by atoms with Gasteiger partial charge in [0.25, 0.3) is 12.0 Å². The van der Waals surface area contributed by atoms with Gasteiger partial charge >= 0.3 is 12.1 Å². The minimum atomic E-state index is -2.31. The van der Waals surface area contributed by atoms with Gasteiger partial charge in [-0.1, -0.05) is 49.4 Å². The third kappa shape index (κ3) is 7.14. The number of rotatable bonds is 13. The van der Waals surface area contributed by atoms with E-state index >= 15 is 0 Å². The van der Waals surface area contributed by atoms with Gasteiger partial charge in [0.05, 0.1) is 44.3 Å². The van der Waals surface area contributed by atoms with E-state index in [0.29, 0.717) is 16.9 Å². The van der Waals surface area contributed by atoms with Crippen molar-refractivity contribution in [3.05, 3.63) is 118 Å². The van der Waals surface area contributed by atoms with E-state index in [1.54, 1.807) is 55.5 Å². The highest BCUT2D eigenvalue weighted by Crippen LogP contribution is 2.70. The topological polar surface area (TPSA) is 210 Å². The van der Waals surface area contributed by atoms with E-state index in [-0.39, 0.29) is 47.3 Å². The molecule has 0 amide bonds. The Morgan fingerprint density at radius 3 is 2.22 bits per heavy atom. The number of non-ortho nitro benzene ring substituents is 1. The largest absolute Gasteiger partial charge is 0.514 e. The molecule has 2 N–H and O–H groups in total. The molecule has 2 fully saturated rings. The highest BCUT2D eigenvalue weighted by atomic mass is 16.8. The van der Waals surface area contributed by atoms with Crippen molar-refractivity contribution in [3.8, 4) is 28.7 Å². The first-order valence-corrected chi connectivity index (χ1v) is 18.6. The van der Waals surface area contributed by atoms with Gasteiger partial charge in [-0.15, -0.1) is 0 Å². The maximum Gasteiger partial charge on any atom is 0.514 e. The Kier molecular flexibility index (Phi) is 11.7. The Morgan fingerprint density at radius 2 is 1.61 bits per heavy atom. The van der Waals surface area contributed by atoms with Crippen LogP contribution in [0.15, 0.2) is 91.0 Å². The maximum atomic E-state index is 13.6. The first-order chi connectivity index (χ1) is 28.4. The number of ether oxygens (including phenoxy) is 10. The molecule has 4 aromatic rings. The minimum absolute atomic E-state index is 0.0377. The van der Waals surface area contributed by atoms with Gasteiger partial charge in [0, 0.05) is 37.3 Å². The van der Waals surface area contributed by atoms with E-state index in [2.05, 4.69) is 0 Å². The van der Waals surface area contributed by atoms with Crippen LogP contribution in [0.1, 0.15) is 36.0 Å². The molecule has 4 aromatic carbocycles. The Balaban J connectivity index is 1.22. The summed E-state index contributed by atoms with van der Waals surface area (Å²) in [6, 6.07) is 23.6. The Bertz CT molecular complexity index is 2150. The smallest absolute Gasteiger partial charge is 0.497 e. The van der Waals surface area contributed by atoms with Gasteiger partial charge in [-0.2, -0.15) is 0 Å². The number of hydrogen-bond acceptors (Lipinski definition) is 16. The number of nitrogens with zero attached hydrogens (tertiary/aromatic N) is 1. The summed E-state index contributed by atoms with van der Waals surface area (Å²) >= 11 is 0. The van der Waals surface area contributed by atoms with Crippen molar-refractivity contribution >= 4 is 17.8 Å². The molecule has 0 spiro atoms. The lowest BCUT2D eigenvalue weighted by Crippen LogP contribution is -2.52. The lowest BCUT2D eigenvalue weighted by Gasteiger charge is -2.40. The van der Waals surface area contributed by atoms with Crippen LogP contribution in [-0.2, 0) is 39.7 Å². The van der Waals surface area contributed by atoms with Crippen LogP contribution in [0.2, 0.25) is 0 Å². The van der Waals surface area contributed by atoms with Gasteiger partial charge in [-0.25, -0.2) is 4.79 Å². The van der Waals surface area contributed by atoms with Crippen molar-refractivity contribution in [1.29, 1.82) is 0 Å². The van der Waals surface area contributed by atoms with Crippen LogP contribution in [0.3, 0.4) is 0 Å². The molecule has 9 atom stereocenters. The summed E-state index contributed by atoms with van der Waals surface area (Å²) in [5, 5.41) is 36.4. The van der Waals surface area contributed by atoms with Crippen LogP contribution in [0.4, 0.5) is 10.5 Å². The second-order valence-corrected chi connectivity index (χ2v) is 14.0. The second kappa shape index (κ2) is 16.7.